The van der Waals surface area contributed by atoms with E-state index in [0.29, 0.717) is 24.8 Å². The summed E-state index contributed by atoms with van der Waals surface area (Å²) in [4.78, 5) is 18.3. The second-order valence-corrected chi connectivity index (χ2v) is 11.2. The second-order valence-electron chi connectivity index (χ2n) is 10.3. The number of amides is 1. The standard InChI is InChI=1S/C29H40N2O4S/c1-2-34-29-23(10-8-18-32)24(25-20-36-27-11-5-4-9-22(25)27)19-26(35-29)28(33)31-16-12-21(13-17-31)30-14-6-3-7-15-30/h4-5,9,11,19-21,23-24,29,32H,2-3,6-8,10,12-18H2,1H3/t23-,24+,29-/m1/s1. The summed E-state index contributed by atoms with van der Waals surface area (Å²) in [5, 5.41) is 13.0. The molecule has 0 unspecified atom stereocenters. The Morgan fingerprint density at radius 1 is 1.14 bits per heavy atom. The van der Waals surface area contributed by atoms with Gasteiger partial charge in [0.1, 0.15) is 0 Å². The van der Waals surface area contributed by atoms with Crippen molar-refractivity contribution in [3.05, 3.63) is 47.0 Å². The molecule has 36 heavy (non-hydrogen) atoms. The molecular weight excluding hydrogens is 472 g/mol. The number of thiophene rings is 1. The van der Waals surface area contributed by atoms with Gasteiger partial charge in [-0.2, -0.15) is 0 Å². The number of allylic oxidation sites excluding steroid dienone is 1. The van der Waals surface area contributed by atoms with E-state index in [1.165, 1.54) is 48.0 Å². The molecule has 2 aromatic rings. The first-order valence-electron chi connectivity index (χ1n) is 13.8. The van der Waals surface area contributed by atoms with E-state index in [1.54, 1.807) is 11.3 Å². The summed E-state index contributed by atoms with van der Waals surface area (Å²) in [5.41, 5.74) is 1.22. The quantitative estimate of drug-likeness (QED) is 0.532. The lowest BCUT2D eigenvalue weighted by Crippen LogP contribution is -2.49. The maximum absolute atomic E-state index is 13.7. The van der Waals surface area contributed by atoms with Crippen LogP contribution in [0.5, 0.6) is 0 Å². The summed E-state index contributed by atoms with van der Waals surface area (Å²) >= 11 is 1.74. The molecule has 7 heteroatoms. The molecule has 0 radical (unpaired) electrons. The van der Waals surface area contributed by atoms with Crippen molar-refractivity contribution in [3.63, 3.8) is 0 Å². The highest BCUT2D eigenvalue weighted by Gasteiger charge is 2.40. The number of aliphatic hydroxyl groups excluding tert-OH is 1. The van der Waals surface area contributed by atoms with Crippen LogP contribution in [-0.2, 0) is 14.3 Å². The van der Waals surface area contributed by atoms with Gasteiger partial charge in [-0.05, 0) is 87.0 Å². The van der Waals surface area contributed by atoms with Gasteiger partial charge in [0, 0.05) is 48.9 Å². The van der Waals surface area contributed by atoms with Crippen LogP contribution >= 0.6 is 11.3 Å². The van der Waals surface area contributed by atoms with E-state index in [4.69, 9.17) is 9.47 Å². The van der Waals surface area contributed by atoms with Crippen LogP contribution in [0.25, 0.3) is 10.1 Å². The molecule has 1 aromatic heterocycles. The molecule has 196 valence electrons. The smallest absolute Gasteiger partial charge is 0.288 e. The number of carbonyl (C=O) groups excluding carboxylic acids is 1. The number of benzene rings is 1. The van der Waals surface area contributed by atoms with Crippen molar-refractivity contribution < 1.29 is 19.4 Å². The van der Waals surface area contributed by atoms with Crippen LogP contribution in [0.3, 0.4) is 0 Å². The number of piperidine rings is 2. The van der Waals surface area contributed by atoms with Crippen molar-refractivity contribution >= 4 is 27.3 Å². The zero-order valence-electron chi connectivity index (χ0n) is 21.4. The van der Waals surface area contributed by atoms with Gasteiger partial charge < -0.3 is 24.4 Å². The second kappa shape index (κ2) is 12.1. The Kier molecular flexibility index (Phi) is 8.62. The van der Waals surface area contributed by atoms with Crippen LogP contribution in [0, 0.1) is 5.92 Å². The first kappa shape index (κ1) is 25.7. The van der Waals surface area contributed by atoms with E-state index in [2.05, 4.69) is 34.5 Å². The predicted octanol–water partition coefficient (Wildman–Crippen LogP) is 5.13. The normalized spacial score (nSPS) is 26.1. The number of rotatable bonds is 8. The zero-order valence-corrected chi connectivity index (χ0v) is 22.3. The third-order valence-corrected chi connectivity index (χ3v) is 9.13. The summed E-state index contributed by atoms with van der Waals surface area (Å²) in [6.45, 7) is 6.57. The average Bonchev–Trinajstić information content (AvgIpc) is 3.36. The van der Waals surface area contributed by atoms with Crippen molar-refractivity contribution in [3.8, 4) is 0 Å². The molecule has 5 rings (SSSR count). The van der Waals surface area contributed by atoms with Crippen molar-refractivity contribution in [2.75, 3.05) is 39.4 Å². The first-order chi connectivity index (χ1) is 17.7. The predicted molar refractivity (Wildman–Crippen MR) is 144 cm³/mol. The van der Waals surface area contributed by atoms with E-state index in [9.17, 15) is 9.90 Å². The van der Waals surface area contributed by atoms with E-state index in [0.717, 1.165) is 32.4 Å². The molecule has 1 amide bonds. The minimum Gasteiger partial charge on any atom is -0.459 e. The Morgan fingerprint density at radius 3 is 2.67 bits per heavy atom. The SMILES string of the molecule is CCO[C@@H]1OC(C(=O)N2CCC(N3CCCCC3)CC2)=C[C@H](c2csc3ccccc23)[C@H]1CCCO. The molecule has 3 aliphatic rings. The van der Waals surface area contributed by atoms with E-state index < -0.39 is 6.29 Å². The minimum absolute atomic E-state index is 0.00263. The molecule has 1 aromatic carbocycles. The fourth-order valence-electron chi connectivity index (χ4n) is 6.24. The third-order valence-electron chi connectivity index (χ3n) is 8.15. The largest absolute Gasteiger partial charge is 0.459 e. The van der Waals surface area contributed by atoms with Crippen LogP contribution in [0.4, 0.5) is 0 Å². The van der Waals surface area contributed by atoms with E-state index >= 15 is 0 Å². The van der Waals surface area contributed by atoms with Gasteiger partial charge in [0.05, 0.1) is 0 Å². The van der Waals surface area contributed by atoms with Gasteiger partial charge in [0.25, 0.3) is 5.91 Å². The molecule has 0 bridgehead atoms. The molecule has 0 saturated carbocycles. The fraction of sp³-hybridized carbons (Fsp3) is 0.621. The average molecular weight is 513 g/mol. The summed E-state index contributed by atoms with van der Waals surface area (Å²) in [7, 11) is 0. The molecule has 3 aliphatic heterocycles. The minimum atomic E-state index is -0.500. The van der Waals surface area contributed by atoms with Gasteiger partial charge in [0.2, 0.25) is 6.29 Å². The zero-order chi connectivity index (χ0) is 24.9. The molecule has 0 spiro atoms. The highest BCUT2D eigenvalue weighted by molar-refractivity contribution is 7.17. The van der Waals surface area contributed by atoms with Gasteiger partial charge >= 0.3 is 0 Å². The molecule has 3 atom stereocenters. The molecular formula is C29H40N2O4S. The van der Waals surface area contributed by atoms with Crippen LogP contribution in [-0.4, -0.2) is 72.5 Å². The number of hydrogen-bond acceptors (Lipinski definition) is 6. The molecule has 4 heterocycles. The highest BCUT2D eigenvalue weighted by atomic mass is 32.1. The summed E-state index contributed by atoms with van der Waals surface area (Å²) in [6.07, 6.45) is 9.01. The monoisotopic (exact) mass is 512 g/mol. The maximum atomic E-state index is 13.7. The fourth-order valence-corrected chi connectivity index (χ4v) is 7.25. The van der Waals surface area contributed by atoms with Crippen LogP contribution in [0.1, 0.15) is 63.4 Å². The van der Waals surface area contributed by atoms with E-state index in [1.807, 2.05) is 17.9 Å². The first-order valence-corrected chi connectivity index (χ1v) is 14.7. The molecule has 6 nitrogen and oxygen atoms in total. The number of likely N-dealkylation sites (tertiary alicyclic amines) is 2. The molecule has 2 saturated heterocycles. The Balaban J connectivity index is 1.38. The van der Waals surface area contributed by atoms with E-state index in [-0.39, 0.29) is 24.3 Å². The van der Waals surface area contributed by atoms with Gasteiger partial charge in [-0.15, -0.1) is 11.3 Å². The van der Waals surface area contributed by atoms with Gasteiger partial charge in [-0.25, -0.2) is 0 Å². The third kappa shape index (κ3) is 5.49. The van der Waals surface area contributed by atoms with Crippen molar-refractivity contribution in [2.24, 2.45) is 5.92 Å². The van der Waals surface area contributed by atoms with Crippen LogP contribution < -0.4 is 0 Å². The Bertz CT molecular complexity index is 1040. The van der Waals surface area contributed by atoms with Gasteiger partial charge in [-0.3, -0.25) is 4.79 Å². The lowest BCUT2D eigenvalue weighted by atomic mass is 9.80. The maximum Gasteiger partial charge on any atom is 0.288 e. The molecule has 0 aliphatic carbocycles. The molecule has 2 fully saturated rings. The van der Waals surface area contributed by atoms with Gasteiger partial charge in [0.15, 0.2) is 5.76 Å². The lowest BCUT2D eigenvalue weighted by Gasteiger charge is -2.41. The number of nitrogens with zero attached hydrogens (tertiary/aromatic N) is 2. The number of fused-ring (bicyclic) bond motifs is 1. The number of carbonyl (C=O) groups is 1. The Hall–Kier alpha value is -1.93. The van der Waals surface area contributed by atoms with Crippen molar-refractivity contribution in [1.29, 1.82) is 0 Å². The Labute approximate surface area is 218 Å². The van der Waals surface area contributed by atoms with Crippen molar-refractivity contribution in [2.45, 2.75) is 70.1 Å². The van der Waals surface area contributed by atoms with Crippen LogP contribution in [0.2, 0.25) is 0 Å². The summed E-state index contributed by atoms with van der Waals surface area (Å²) in [5.74, 6) is 0.451. The van der Waals surface area contributed by atoms with Crippen molar-refractivity contribution in [1.82, 2.24) is 9.80 Å². The Morgan fingerprint density at radius 2 is 1.92 bits per heavy atom. The highest BCUT2D eigenvalue weighted by Crippen LogP contribution is 2.43. The topological polar surface area (TPSA) is 62.2 Å². The summed E-state index contributed by atoms with van der Waals surface area (Å²) in [6, 6.07) is 9.05. The number of ether oxygens (including phenoxy) is 2. The van der Waals surface area contributed by atoms with Crippen LogP contribution in [0.15, 0.2) is 41.5 Å². The lowest BCUT2D eigenvalue weighted by molar-refractivity contribution is -0.170. The summed E-state index contributed by atoms with van der Waals surface area (Å²) < 4.78 is 13.6. The van der Waals surface area contributed by atoms with Gasteiger partial charge in [-0.1, -0.05) is 24.6 Å². The number of aliphatic hydroxyl groups is 1. The number of hydrogen-bond donors (Lipinski definition) is 1. The molecule has 1 N–H and O–H groups in total.